The number of hydrogen-bond acceptors (Lipinski definition) is 2. The molecule has 2 nitrogen and oxygen atoms in total. The first-order chi connectivity index (χ1) is 23.2. The monoisotopic (exact) mass is 649 g/mol. The van der Waals surface area contributed by atoms with Gasteiger partial charge >= 0.3 is 0 Å². The summed E-state index contributed by atoms with van der Waals surface area (Å²) in [6.45, 7) is 6.92. The molecule has 4 atom stereocenters. The van der Waals surface area contributed by atoms with Crippen molar-refractivity contribution in [2.24, 2.45) is 11.8 Å². The molecule has 0 radical (unpaired) electrons. The van der Waals surface area contributed by atoms with Gasteiger partial charge in [-0.3, -0.25) is 0 Å². The first-order valence-electron chi connectivity index (χ1n) is 20.9. The first kappa shape index (κ1) is 40.1. The van der Waals surface area contributed by atoms with E-state index in [4.69, 9.17) is 9.47 Å². The van der Waals surface area contributed by atoms with E-state index in [2.05, 4.69) is 75.5 Å². The molecule has 0 amide bonds. The van der Waals surface area contributed by atoms with Crippen LogP contribution in [0.3, 0.4) is 0 Å². The van der Waals surface area contributed by atoms with E-state index in [9.17, 15) is 0 Å². The predicted octanol–water partition coefficient (Wildman–Crippen LogP) is 14.5. The molecule has 2 aliphatic carbocycles. The lowest BCUT2D eigenvalue weighted by Crippen LogP contribution is -2.33. The second-order valence-corrected chi connectivity index (χ2v) is 15.2. The summed E-state index contributed by atoms with van der Waals surface area (Å²) in [5.74, 6) is 1.000. The van der Waals surface area contributed by atoms with Crippen LogP contribution in [-0.4, -0.2) is 18.0 Å². The lowest BCUT2D eigenvalue weighted by Gasteiger charge is -2.30. The maximum absolute atomic E-state index is 6.94. The molecule has 3 aliphatic rings. The normalized spacial score (nSPS) is 23.4. The van der Waals surface area contributed by atoms with Gasteiger partial charge in [0.1, 0.15) is 6.10 Å². The fraction of sp³-hybridized carbons (Fsp3) is 0.778. The van der Waals surface area contributed by atoms with Crippen LogP contribution in [0.5, 0.6) is 0 Å². The van der Waals surface area contributed by atoms with Gasteiger partial charge in [-0.1, -0.05) is 153 Å². The molecule has 1 saturated heterocycles. The molecular formula is C45H76O2. The van der Waals surface area contributed by atoms with Gasteiger partial charge < -0.3 is 9.47 Å². The van der Waals surface area contributed by atoms with E-state index in [1.807, 2.05) is 0 Å². The second kappa shape index (κ2) is 25.6. The Hall–Kier alpha value is -1.38. The van der Waals surface area contributed by atoms with Crippen molar-refractivity contribution in [3.05, 3.63) is 60.3 Å². The number of allylic oxidation sites excluding steroid dienone is 9. The molecule has 0 aromatic carbocycles. The molecule has 1 saturated carbocycles. The minimum absolute atomic E-state index is 0.255. The summed E-state index contributed by atoms with van der Waals surface area (Å²) in [4.78, 5) is 0. The highest BCUT2D eigenvalue weighted by molar-refractivity contribution is 5.29. The topological polar surface area (TPSA) is 18.5 Å². The number of rotatable bonds is 30. The quantitative estimate of drug-likeness (QED) is 0.0570. The molecular weight excluding hydrogens is 572 g/mol. The van der Waals surface area contributed by atoms with E-state index >= 15 is 0 Å². The second-order valence-electron chi connectivity index (χ2n) is 15.2. The standard InChI is InChI=1S/C45H76O2/c1-4-6-8-10-12-14-16-18-20-22-24-26-28-30-32-34-36-45(46-43-41-38-40(3)42(39-41)44(43)47-45)37-35-33-31-29-27-25-23-21-19-17-15-13-11-9-7-5-2/h12-15,18-21,38,40,42-44H,4-11,16-17,22-37,39H2,1-3H3/b14-12-,15-13-,20-18-,21-19-/t40-,42?,43+,44+/m0/s1. The zero-order chi connectivity index (χ0) is 33.3. The van der Waals surface area contributed by atoms with Crippen LogP contribution in [0.2, 0.25) is 0 Å². The van der Waals surface area contributed by atoms with Crippen LogP contribution >= 0.6 is 0 Å². The number of fused-ring (bicyclic) bond motifs is 5. The Kier molecular flexibility index (Phi) is 21.8. The van der Waals surface area contributed by atoms with Gasteiger partial charge in [0.15, 0.2) is 5.79 Å². The van der Waals surface area contributed by atoms with Crippen molar-refractivity contribution in [1.29, 1.82) is 0 Å². The highest BCUT2D eigenvalue weighted by Crippen LogP contribution is 2.54. The molecule has 2 bridgehead atoms. The van der Waals surface area contributed by atoms with Gasteiger partial charge in [-0.05, 0) is 101 Å². The molecule has 0 aromatic heterocycles. The number of hydrogen-bond donors (Lipinski definition) is 0. The Morgan fingerprint density at radius 2 is 0.979 bits per heavy atom. The van der Waals surface area contributed by atoms with Crippen LogP contribution in [0.4, 0.5) is 0 Å². The van der Waals surface area contributed by atoms with Gasteiger partial charge in [0.2, 0.25) is 0 Å². The Bertz CT molecular complexity index is 874. The molecule has 0 aromatic rings. The van der Waals surface area contributed by atoms with Gasteiger partial charge in [-0.25, -0.2) is 0 Å². The molecule has 2 heteroatoms. The molecule has 1 aliphatic heterocycles. The molecule has 2 fully saturated rings. The fourth-order valence-corrected chi connectivity index (χ4v) is 7.97. The predicted molar refractivity (Wildman–Crippen MR) is 206 cm³/mol. The average molecular weight is 649 g/mol. The van der Waals surface area contributed by atoms with Gasteiger partial charge in [-0.2, -0.15) is 0 Å². The summed E-state index contributed by atoms with van der Waals surface area (Å²) >= 11 is 0. The van der Waals surface area contributed by atoms with E-state index in [0.717, 1.165) is 25.7 Å². The Labute approximate surface area is 293 Å². The van der Waals surface area contributed by atoms with Crippen molar-refractivity contribution in [2.45, 2.75) is 212 Å². The minimum Gasteiger partial charge on any atom is -0.343 e. The number of ether oxygens (including phenoxy) is 2. The molecule has 0 spiro atoms. The summed E-state index contributed by atoms with van der Waals surface area (Å²) in [5.41, 5.74) is 1.54. The van der Waals surface area contributed by atoms with Crippen LogP contribution in [0.15, 0.2) is 60.3 Å². The highest BCUT2D eigenvalue weighted by Gasteiger charge is 2.57. The van der Waals surface area contributed by atoms with Crippen molar-refractivity contribution < 1.29 is 9.47 Å². The van der Waals surface area contributed by atoms with E-state index in [1.165, 1.54) is 148 Å². The molecule has 3 rings (SSSR count). The largest absolute Gasteiger partial charge is 0.343 e. The summed E-state index contributed by atoms with van der Waals surface area (Å²) in [6.07, 6.45) is 56.5. The molecule has 268 valence electrons. The maximum atomic E-state index is 6.94. The third kappa shape index (κ3) is 16.3. The lowest BCUT2D eigenvalue weighted by atomic mass is 9.91. The summed E-state index contributed by atoms with van der Waals surface area (Å²) < 4.78 is 13.8. The zero-order valence-electron chi connectivity index (χ0n) is 31.4. The van der Waals surface area contributed by atoms with Gasteiger partial charge in [0, 0.05) is 12.8 Å². The van der Waals surface area contributed by atoms with Crippen LogP contribution in [0, 0.1) is 11.8 Å². The van der Waals surface area contributed by atoms with Crippen molar-refractivity contribution in [2.75, 3.05) is 0 Å². The van der Waals surface area contributed by atoms with E-state index in [1.54, 1.807) is 5.57 Å². The van der Waals surface area contributed by atoms with Gasteiger partial charge in [-0.15, -0.1) is 0 Å². The van der Waals surface area contributed by atoms with Crippen LogP contribution in [0.1, 0.15) is 194 Å². The number of unbranched alkanes of at least 4 members (excludes halogenated alkanes) is 18. The third-order valence-corrected chi connectivity index (χ3v) is 10.9. The van der Waals surface area contributed by atoms with E-state index < -0.39 is 0 Å². The summed E-state index contributed by atoms with van der Waals surface area (Å²) in [5, 5.41) is 0. The van der Waals surface area contributed by atoms with Crippen molar-refractivity contribution >= 4 is 0 Å². The zero-order valence-corrected chi connectivity index (χ0v) is 31.4. The summed E-state index contributed by atoms with van der Waals surface area (Å²) in [7, 11) is 0. The lowest BCUT2D eigenvalue weighted by molar-refractivity contribution is -0.191. The summed E-state index contributed by atoms with van der Waals surface area (Å²) in [6, 6.07) is 0. The van der Waals surface area contributed by atoms with Gasteiger partial charge in [0.25, 0.3) is 0 Å². The third-order valence-electron chi connectivity index (χ3n) is 10.9. The smallest absolute Gasteiger partial charge is 0.169 e. The van der Waals surface area contributed by atoms with E-state index in [-0.39, 0.29) is 11.9 Å². The van der Waals surface area contributed by atoms with Gasteiger partial charge in [0.05, 0.1) is 6.10 Å². The van der Waals surface area contributed by atoms with Crippen molar-refractivity contribution in [3.63, 3.8) is 0 Å². The van der Waals surface area contributed by atoms with Crippen LogP contribution in [0.25, 0.3) is 0 Å². The first-order valence-corrected chi connectivity index (χ1v) is 20.9. The molecule has 1 heterocycles. The molecule has 1 unspecified atom stereocenters. The minimum atomic E-state index is -0.318. The Morgan fingerprint density at radius 1 is 0.553 bits per heavy atom. The Morgan fingerprint density at radius 3 is 1.45 bits per heavy atom. The van der Waals surface area contributed by atoms with Crippen molar-refractivity contribution in [3.8, 4) is 0 Å². The van der Waals surface area contributed by atoms with E-state index in [0.29, 0.717) is 17.9 Å². The van der Waals surface area contributed by atoms with Crippen LogP contribution < -0.4 is 0 Å². The maximum Gasteiger partial charge on any atom is 0.169 e. The highest BCUT2D eigenvalue weighted by atomic mass is 16.8. The van der Waals surface area contributed by atoms with Crippen molar-refractivity contribution in [1.82, 2.24) is 0 Å². The molecule has 47 heavy (non-hydrogen) atoms. The average Bonchev–Trinajstić information content (AvgIpc) is 3.74. The SMILES string of the molecule is CCCCC/C=C\C/C=C\CCCCCCCCC1(CCCCCCCC/C=C\C/C=C\CCCCC)O[C@@H]2C3=C[C@H](C)C(C3)[C@H]2O1. The van der Waals surface area contributed by atoms with Crippen LogP contribution in [-0.2, 0) is 9.47 Å². The molecule has 0 N–H and O–H groups in total. The fourth-order valence-electron chi connectivity index (χ4n) is 7.97. The Balaban J connectivity index is 1.23.